The molecule has 0 fully saturated rings. The van der Waals surface area contributed by atoms with Gasteiger partial charge in [-0.25, -0.2) is 4.79 Å². The first-order valence-electron chi connectivity index (χ1n) is 7.39. The third-order valence-corrected chi connectivity index (χ3v) is 4.08. The van der Waals surface area contributed by atoms with Crippen LogP contribution in [0.25, 0.3) is 0 Å². The van der Waals surface area contributed by atoms with Gasteiger partial charge < -0.3 is 15.2 Å². The Labute approximate surface area is 154 Å². The molecule has 0 heterocycles. The summed E-state index contributed by atoms with van der Waals surface area (Å²) < 4.78 is 5.89. The number of ether oxygens (including phenoxy) is 1. The van der Waals surface area contributed by atoms with E-state index in [2.05, 4.69) is 21.2 Å². The second-order valence-corrected chi connectivity index (χ2v) is 7.69. The molecule has 0 radical (unpaired) electrons. The van der Waals surface area contributed by atoms with Gasteiger partial charge in [0.25, 0.3) is 0 Å². The molecule has 2 rings (SSSR count). The molecule has 24 heavy (non-hydrogen) atoms. The van der Waals surface area contributed by atoms with Gasteiger partial charge in [0.2, 0.25) is 0 Å². The molecule has 1 atom stereocenters. The molecule has 4 nitrogen and oxygen atoms in total. The second kappa shape index (κ2) is 7.55. The van der Waals surface area contributed by atoms with Crippen molar-refractivity contribution in [2.24, 2.45) is 0 Å². The van der Waals surface area contributed by atoms with E-state index in [1.165, 1.54) is 0 Å². The number of hydrogen-bond donors (Lipinski definition) is 2. The minimum Gasteiger partial charge on any atom is -0.410 e. The second-order valence-electron chi connectivity index (χ2n) is 6.40. The Balaban J connectivity index is 2.14. The van der Waals surface area contributed by atoms with Crippen molar-refractivity contribution < 1.29 is 14.6 Å². The van der Waals surface area contributed by atoms with Crippen LogP contribution in [0.4, 0.5) is 4.79 Å². The van der Waals surface area contributed by atoms with E-state index in [-0.39, 0.29) is 5.54 Å². The SMILES string of the molecule is CC(C)(C)NC(=O)Oc1ccc(C(O)c2ccc(Cl)cc2)c(Br)c1. The lowest BCUT2D eigenvalue weighted by Crippen LogP contribution is -2.42. The Morgan fingerprint density at radius 1 is 1.21 bits per heavy atom. The van der Waals surface area contributed by atoms with Crippen molar-refractivity contribution in [3.63, 3.8) is 0 Å². The molecule has 0 aliphatic rings. The van der Waals surface area contributed by atoms with Gasteiger partial charge >= 0.3 is 6.09 Å². The summed E-state index contributed by atoms with van der Waals surface area (Å²) in [4.78, 5) is 11.8. The highest BCUT2D eigenvalue weighted by molar-refractivity contribution is 9.10. The van der Waals surface area contributed by atoms with Crippen LogP contribution in [0.5, 0.6) is 5.75 Å². The number of hydrogen-bond acceptors (Lipinski definition) is 3. The Bertz CT molecular complexity index is 726. The zero-order valence-corrected chi connectivity index (χ0v) is 16.0. The van der Waals surface area contributed by atoms with Crippen molar-refractivity contribution in [1.29, 1.82) is 0 Å². The molecule has 2 aromatic carbocycles. The van der Waals surface area contributed by atoms with Gasteiger partial charge in [-0.1, -0.05) is 45.7 Å². The number of halogens is 2. The maximum absolute atomic E-state index is 11.8. The molecular weight excluding hydrogens is 394 g/mol. The predicted octanol–water partition coefficient (Wildman–Crippen LogP) is 5.07. The Morgan fingerprint density at radius 2 is 1.83 bits per heavy atom. The molecule has 0 aliphatic heterocycles. The van der Waals surface area contributed by atoms with Crippen LogP contribution in [-0.4, -0.2) is 16.7 Å². The zero-order chi connectivity index (χ0) is 17.9. The number of amides is 1. The van der Waals surface area contributed by atoms with Gasteiger partial charge in [-0.15, -0.1) is 0 Å². The van der Waals surface area contributed by atoms with E-state index in [4.69, 9.17) is 16.3 Å². The van der Waals surface area contributed by atoms with Crippen molar-refractivity contribution in [2.45, 2.75) is 32.4 Å². The average molecular weight is 413 g/mol. The summed E-state index contributed by atoms with van der Waals surface area (Å²) in [6.07, 6.45) is -1.34. The molecule has 0 aromatic heterocycles. The first-order chi connectivity index (χ1) is 11.2. The zero-order valence-electron chi connectivity index (χ0n) is 13.6. The summed E-state index contributed by atoms with van der Waals surface area (Å²) in [6, 6.07) is 12.0. The molecule has 128 valence electrons. The first-order valence-corrected chi connectivity index (χ1v) is 8.56. The first kappa shape index (κ1) is 18.8. The van der Waals surface area contributed by atoms with Crippen LogP contribution in [0.15, 0.2) is 46.9 Å². The highest BCUT2D eigenvalue weighted by atomic mass is 79.9. The maximum atomic E-state index is 11.8. The number of benzene rings is 2. The van der Waals surface area contributed by atoms with Gasteiger partial charge in [-0.05, 0) is 56.2 Å². The fourth-order valence-corrected chi connectivity index (χ4v) is 2.76. The van der Waals surface area contributed by atoms with Crippen molar-refractivity contribution in [2.75, 3.05) is 0 Å². The molecule has 0 aliphatic carbocycles. The lowest BCUT2D eigenvalue weighted by atomic mass is 10.0. The number of aliphatic hydroxyl groups is 1. The topological polar surface area (TPSA) is 58.6 Å². The van der Waals surface area contributed by atoms with E-state index in [1.54, 1.807) is 42.5 Å². The molecular formula is C18H19BrClNO3. The van der Waals surface area contributed by atoms with Gasteiger partial charge in [-0.3, -0.25) is 0 Å². The monoisotopic (exact) mass is 411 g/mol. The van der Waals surface area contributed by atoms with E-state index >= 15 is 0 Å². The van der Waals surface area contributed by atoms with E-state index < -0.39 is 12.2 Å². The summed E-state index contributed by atoms with van der Waals surface area (Å²) >= 11 is 9.28. The van der Waals surface area contributed by atoms with Gasteiger partial charge in [0, 0.05) is 15.0 Å². The predicted molar refractivity (Wildman–Crippen MR) is 98.6 cm³/mol. The summed E-state index contributed by atoms with van der Waals surface area (Å²) in [7, 11) is 0. The van der Waals surface area contributed by atoms with E-state index in [1.807, 2.05) is 20.8 Å². The van der Waals surface area contributed by atoms with Crippen LogP contribution in [0.3, 0.4) is 0 Å². The van der Waals surface area contributed by atoms with Crippen LogP contribution in [0.2, 0.25) is 5.02 Å². The Hall–Kier alpha value is -1.56. The van der Waals surface area contributed by atoms with Crippen LogP contribution in [-0.2, 0) is 0 Å². The molecule has 0 bridgehead atoms. The average Bonchev–Trinajstić information content (AvgIpc) is 2.45. The summed E-state index contributed by atoms with van der Waals surface area (Å²) in [5, 5.41) is 13.8. The van der Waals surface area contributed by atoms with Crippen LogP contribution >= 0.6 is 27.5 Å². The molecule has 2 N–H and O–H groups in total. The molecule has 6 heteroatoms. The molecule has 0 saturated carbocycles. The van der Waals surface area contributed by atoms with Gasteiger partial charge in [-0.2, -0.15) is 0 Å². The minimum absolute atomic E-state index is 0.376. The third-order valence-electron chi connectivity index (χ3n) is 3.14. The largest absolute Gasteiger partial charge is 0.413 e. The lowest BCUT2D eigenvalue weighted by Gasteiger charge is -2.20. The fraction of sp³-hybridized carbons (Fsp3) is 0.278. The minimum atomic E-state index is -0.811. The van der Waals surface area contributed by atoms with Crippen molar-refractivity contribution in [3.05, 3.63) is 63.1 Å². The van der Waals surface area contributed by atoms with Crippen molar-refractivity contribution in [3.8, 4) is 5.75 Å². The van der Waals surface area contributed by atoms with Crippen LogP contribution in [0, 0.1) is 0 Å². The molecule has 1 unspecified atom stereocenters. The smallest absolute Gasteiger partial charge is 0.410 e. The highest BCUT2D eigenvalue weighted by Crippen LogP contribution is 2.32. The number of rotatable bonds is 3. The standard InChI is InChI=1S/C18H19BrClNO3/c1-18(2,3)21-17(23)24-13-8-9-14(15(19)10-13)16(22)11-4-6-12(20)7-5-11/h4-10,16,22H,1-3H3,(H,21,23). The normalized spacial score (nSPS) is 12.6. The number of aliphatic hydroxyl groups excluding tert-OH is 1. The van der Waals surface area contributed by atoms with E-state index in [0.717, 1.165) is 5.56 Å². The van der Waals surface area contributed by atoms with Crippen LogP contribution < -0.4 is 10.1 Å². The fourth-order valence-electron chi connectivity index (χ4n) is 2.06. The molecule has 2 aromatic rings. The number of nitrogens with one attached hydrogen (secondary N) is 1. The van der Waals surface area contributed by atoms with Gasteiger partial charge in [0.15, 0.2) is 0 Å². The van der Waals surface area contributed by atoms with Crippen LogP contribution in [0.1, 0.15) is 38.0 Å². The molecule has 1 amide bonds. The maximum Gasteiger partial charge on any atom is 0.413 e. The third kappa shape index (κ3) is 5.23. The lowest BCUT2D eigenvalue weighted by molar-refractivity contribution is 0.190. The van der Waals surface area contributed by atoms with Crippen molar-refractivity contribution >= 4 is 33.6 Å². The number of carbonyl (C=O) groups excluding carboxylic acids is 1. The number of carbonyl (C=O) groups is 1. The Kier molecular flexibility index (Phi) is 5.91. The summed E-state index contributed by atoms with van der Waals surface area (Å²) in [5.74, 6) is 0.385. The molecule has 0 saturated heterocycles. The van der Waals surface area contributed by atoms with Crippen molar-refractivity contribution in [1.82, 2.24) is 5.32 Å². The van der Waals surface area contributed by atoms with Gasteiger partial charge in [0.1, 0.15) is 11.9 Å². The summed E-state index contributed by atoms with van der Waals surface area (Å²) in [5.41, 5.74) is 1.01. The quantitative estimate of drug-likeness (QED) is 0.740. The highest BCUT2D eigenvalue weighted by Gasteiger charge is 2.17. The van der Waals surface area contributed by atoms with Gasteiger partial charge in [0.05, 0.1) is 0 Å². The Morgan fingerprint density at radius 3 is 2.38 bits per heavy atom. The molecule has 0 spiro atoms. The van der Waals surface area contributed by atoms with E-state index in [9.17, 15) is 9.90 Å². The van der Waals surface area contributed by atoms with E-state index in [0.29, 0.717) is 20.8 Å². The summed E-state index contributed by atoms with van der Waals surface area (Å²) in [6.45, 7) is 5.61.